The molecule has 0 atom stereocenters. The van der Waals surface area contributed by atoms with Gasteiger partial charge in [-0.15, -0.1) is 10.2 Å². The lowest BCUT2D eigenvalue weighted by Crippen LogP contribution is -2.32. The van der Waals surface area contributed by atoms with Crippen LogP contribution in [0.4, 0.5) is 0 Å². The van der Waals surface area contributed by atoms with Crippen molar-refractivity contribution in [2.75, 3.05) is 13.0 Å². The van der Waals surface area contributed by atoms with E-state index in [0.29, 0.717) is 17.1 Å². The van der Waals surface area contributed by atoms with Gasteiger partial charge in [0.05, 0.1) is 7.11 Å². The Morgan fingerprint density at radius 3 is 2.83 bits per heavy atom. The highest BCUT2D eigenvalue weighted by atomic mass is 32.2. The third kappa shape index (κ3) is 2.98. The molecule has 0 aliphatic rings. The molecule has 0 bridgehead atoms. The first-order valence-electron chi connectivity index (χ1n) is 6.94. The third-order valence-corrected chi connectivity index (χ3v) is 4.41. The predicted molar refractivity (Wildman–Crippen MR) is 89.8 cm³/mol. The van der Waals surface area contributed by atoms with E-state index in [1.54, 1.807) is 12.1 Å². The lowest BCUT2D eigenvalue weighted by atomic mass is 10.1. The number of benzene rings is 1. The van der Waals surface area contributed by atoms with Crippen LogP contribution in [0.1, 0.15) is 11.3 Å². The standard InChI is InChI=1S/C15H14N4O4S/c1-8-14(21)19(16)15(18-17-8)24-7-9-5-13(20)23-12-6-10(22-2)3-4-11(9)12/h3-6H,7,16H2,1-2H3. The molecule has 0 fully saturated rings. The normalized spacial score (nSPS) is 10.9. The zero-order chi connectivity index (χ0) is 17.3. The second-order valence-electron chi connectivity index (χ2n) is 4.98. The van der Waals surface area contributed by atoms with Gasteiger partial charge in [0.1, 0.15) is 17.0 Å². The maximum Gasteiger partial charge on any atom is 0.336 e. The van der Waals surface area contributed by atoms with Crippen LogP contribution in [0.15, 0.2) is 43.4 Å². The molecular formula is C15H14N4O4S. The van der Waals surface area contributed by atoms with Gasteiger partial charge in [0.2, 0.25) is 5.16 Å². The summed E-state index contributed by atoms with van der Waals surface area (Å²) >= 11 is 1.21. The first-order valence-corrected chi connectivity index (χ1v) is 7.93. The number of aromatic nitrogens is 3. The van der Waals surface area contributed by atoms with Crippen molar-refractivity contribution in [3.63, 3.8) is 0 Å². The first-order chi connectivity index (χ1) is 11.5. The number of fused-ring (bicyclic) bond motifs is 1. The summed E-state index contributed by atoms with van der Waals surface area (Å²) in [6.07, 6.45) is 0. The topological polar surface area (TPSA) is 113 Å². The van der Waals surface area contributed by atoms with Gasteiger partial charge in [-0.05, 0) is 24.6 Å². The Morgan fingerprint density at radius 2 is 2.08 bits per heavy atom. The average Bonchev–Trinajstić information content (AvgIpc) is 2.58. The molecule has 0 spiro atoms. The fourth-order valence-corrected chi connectivity index (χ4v) is 3.01. The van der Waals surface area contributed by atoms with Crippen LogP contribution < -0.4 is 21.8 Å². The van der Waals surface area contributed by atoms with Crippen LogP contribution in [-0.4, -0.2) is 22.0 Å². The molecule has 0 unspecified atom stereocenters. The van der Waals surface area contributed by atoms with Gasteiger partial charge in [-0.25, -0.2) is 4.79 Å². The van der Waals surface area contributed by atoms with E-state index in [2.05, 4.69) is 10.2 Å². The molecule has 2 N–H and O–H groups in total. The molecule has 2 heterocycles. The van der Waals surface area contributed by atoms with Gasteiger partial charge < -0.3 is 15.0 Å². The monoisotopic (exact) mass is 346 g/mol. The first kappa shape index (κ1) is 16.1. The van der Waals surface area contributed by atoms with E-state index in [9.17, 15) is 9.59 Å². The van der Waals surface area contributed by atoms with Crippen LogP contribution in [0.25, 0.3) is 11.0 Å². The molecule has 3 rings (SSSR count). The fourth-order valence-electron chi connectivity index (χ4n) is 2.17. The summed E-state index contributed by atoms with van der Waals surface area (Å²) in [7, 11) is 1.54. The molecule has 0 radical (unpaired) electrons. The van der Waals surface area contributed by atoms with E-state index in [0.717, 1.165) is 15.6 Å². The lowest BCUT2D eigenvalue weighted by Gasteiger charge is -2.08. The molecule has 2 aromatic heterocycles. The summed E-state index contributed by atoms with van der Waals surface area (Å²) in [5.41, 5.74) is 0.516. The van der Waals surface area contributed by atoms with Crippen molar-refractivity contribution in [1.82, 2.24) is 14.9 Å². The number of nitrogens with two attached hydrogens (primary N) is 1. The molecular weight excluding hydrogens is 332 g/mol. The molecule has 0 saturated carbocycles. The number of ether oxygens (including phenoxy) is 1. The Kier molecular flexibility index (Phi) is 4.26. The lowest BCUT2D eigenvalue weighted by molar-refractivity contribution is 0.414. The summed E-state index contributed by atoms with van der Waals surface area (Å²) in [6.45, 7) is 1.54. The van der Waals surface area contributed by atoms with Crippen LogP contribution in [0.5, 0.6) is 5.75 Å². The van der Waals surface area contributed by atoms with E-state index in [1.165, 1.54) is 31.9 Å². The number of thioether (sulfide) groups is 1. The maximum atomic E-state index is 11.8. The number of nitrogens with zero attached hydrogens (tertiary/aromatic N) is 3. The third-order valence-electron chi connectivity index (χ3n) is 3.41. The molecule has 24 heavy (non-hydrogen) atoms. The van der Waals surface area contributed by atoms with Gasteiger partial charge in [0.25, 0.3) is 5.56 Å². The number of aryl methyl sites for hydroxylation is 1. The molecule has 0 saturated heterocycles. The fraction of sp³-hybridized carbons (Fsp3) is 0.200. The van der Waals surface area contributed by atoms with Crippen molar-refractivity contribution in [3.8, 4) is 5.75 Å². The Balaban J connectivity index is 1.97. The van der Waals surface area contributed by atoms with Crippen molar-refractivity contribution in [2.24, 2.45) is 0 Å². The summed E-state index contributed by atoms with van der Waals surface area (Å²) in [5.74, 6) is 6.68. The van der Waals surface area contributed by atoms with E-state index in [-0.39, 0.29) is 10.9 Å². The quantitative estimate of drug-likeness (QED) is 0.424. The van der Waals surface area contributed by atoms with E-state index < -0.39 is 11.2 Å². The molecule has 3 aromatic rings. The summed E-state index contributed by atoms with van der Waals surface area (Å²) in [6, 6.07) is 6.64. The molecule has 1 aromatic carbocycles. The zero-order valence-electron chi connectivity index (χ0n) is 13.0. The van der Waals surface area contributed by atoms with E-state index in [4.69, 9.17) is 15.0 Å². The second kappa shape index (κ2) is 6.36. The van der Waals surface area contributed by atoms with Gasteiger partial charge in [-0.2, -0.15) is 4.68 Å². The number of nitrogen functional groups attached to an aromatic ring is 1. The van der Waals surface area contributed by atoms with Crippen LogP contribution in [0.3, 0.4) is 0 Å². The van der Waals surface area contributed by atoms with Crippen molar-refractivity contribution in [3.05, 3.63) is 56.3 Å². The highest BCUT2D eigenvalue weighted by Gasteiger charge is 2.11. The van der Waals surface area contributed by atoms with Crippen LogP contribution in [0, 0.1) is 6.92 Å². The zero-order valence-corrected chi connectivity index (χ0v) is 13.8. The van der Waals surface area contributed by atoms with Crippen molar-refractivity contribution < 1.29 is 9.15 Å². The summed E-state index contributed by atoms with van der Waals surface area (Å²) in [5, 5.41) is 8.72. The molecule has 9 heteroatoms. The van der Waals surface area contributed by atoms with Gasteiger partial charge in [0, 0.05) is 23.3 Å². The number of hydrogen-bond acceptors (Lipinski definition) is 8. The largest absolute Gasteiger partial charge is 0.497 e. The summed E-state index contributed by atoms with van der Waals surface area (Å²) in [4.78, 5) is 23.5. The molecule has 0 aliphatic heterocycles. The van der Waals surface area contributed by atoms with Crippen LogP contribution in [0.2, 0.25) is 0 Å². The Morgan fingerprint density at radius 1 is 1.29 bits per heavy atom. The number of rotatable bonds is 4. The van der Waals surface area contributed by atoms with Crippen molar-refractivity contribution in [1.29, 1.82) is 0 Å². The van der Waals surface area contributed by atoms with Gasteiger partial charge in [-0.3, -0.25) is 4.79 Å². The molecule has 8 nitrogen and oxygen atoms in total. The highest BCUT2D eigenvalue weighted by Crippen LogP contribution is 2.26. The maximum absolute atomic E-state index is 11.8. The Bertz CT molecular complexity index is 1030. The van der Waals surface area contributed by atoms with Crippen molar-refractivity contribution >= 4 is 22.7 Å². The molecule has 0 aliphatic carbocycles. The highest BCUT2D eigenvalue weighted by molar-refractivity contribution is 7.98. The van der Waals surface area contributed by atoms with Crippen molar-refractivity contribution in [2.45, 2.75) is 17.8 Å². The van der Waals surface area contributed by atoms with E-state index in [1.807, 2.05) is 6.07 Å². The SMILES string of the molecule is COc1ccc2c(CSc3nnc(C)c(=O)n3N)cc(=O)oc2c1. The molecule has 0 amide bonds. The Hall–Kier alpha value is -2.81. The number of methoxy groups -OCH3 is 1. The minimum absolute atomic E-state index is 0.222. The smallest absolute Gasteiger partial charge is 0.336 e. The molecule has 124 valence electrons. The average molecular weight is 346 g/mol. The number of hydrogen-bond donors (Lipinski definition) is 1. The van der Waals surface area contributed by atoms with Gasteiger partial charge in [-0.1, -0.05) is 11.8 Å². The minimum atomic E-state index is -0.466. The predicted octanol–water partition coefficient (Wildman–Crippen LogP) is 1.07. The van der Waals surface area contributed by atoms with Crippen LogP contribution >= 0.6 is 11.8 Å². The van der Waals surface area contributed by atoms with Gasteiger partial charge >= 0.3 is 5.63 Å². The minimum Gasteiger partial charge on any atom is -0.497 e. The Labute approximate surface area is 140 Å². The van der Waals surface area contributed by atoms with Crippen LogP contribution in [-0.2, 0) is 5.75 Å². The summed E-state index contributed by atoms with van der Waals surface area (Å²) < 4.78 is 11.3. The second-order valence-corrected chi connectivity index (χ2v) is 5.93. The van der Waals surface area contributed by atoms with Gasteiger partial charge in [0.15, 0.2) is 0 Å². The van der Waals surface area contributed by atoms with E-state index >= 15 is 0 Å².